The molecule has 0 aromatic carbocycles. The monoisotopic (exact) mass is 428 g/mol. The highest BCUT2D eigenvalue weighted by Gasteiger charge is 2.45. The van der Waals surface area contributed by atoms with Gasteiger partial charge in [-0.3, -0.25) is 9.13 Å². The maximum absolute atomic E-state index is 12.8. The number of pyridine rings is 1. The number of aromatic nitrogens is 3. The molecular formula is C24H36N4O3. The summed E-state index contributed by atoms with van der Waals surface area (Å²) in [4.78, 5) is 32.5. The van der Waals surface area contributed by atoms with Gasteiger partial charge >= 0.3 is 11.8 Å². The molecule has 4 rings (SSSR count). The number of carbonyl (C=O) groups excluding carboxylic acids is 1. The predicted molar refractivity (Wildman–Crippen MR) is 121 cm³/mol. The van der Waals surface area contributed by atoms with E-state index in [2.05, 4.69) is 26.8 Å². The molecule has 4 heterocycles. The average molecular weight is 429 g/mol. The summed E-state index contributed by atoms with van der Waals surface area (Å²) >= 11 is 0. The van der Waals surface area contributed by atoms with Gasteiger partial charge in [0.1, 0.15) is 5.60 Å². The summed E-state index contributed by atoms with van der Waals surface area (Å²) in [5.41, 5.74) is 2.16. The number of nitrogens with zero attached hydrogens (tertiary/aromatic N) is 4. The molecule has 2 atom stereocenters. The summed E-state index contributed by atoms with van der Waals surface area (Å²) in [6.45, 7) is 12.8. The lowest BCUT2D eigenvalue weighted by molar-refractivity contribution is 0.00570. The number of piperidine rings is 1. The predicted octanol–water partition coefficient (Wildman–Crippen LogP) is 4.43. The maximum atomic E-state index is 12.8. The first-order chi connectivity index (χ1) is 14.3. The lowest BCUT2D eigenvalue weighted by Crippen LogP contribution is -2.48. The van der Waals surface area contributed by atoms with E-state index in [1.54, 1.807) is 11.6 Å². The Morgan fingerprint density at radius 3 is 2.26 bits per heavy atom. The number of hydrogen-bond donors (Lipinski definition) is 0. The van der Waals surface area contributed by atoms with E-state index >= 15 is 0 Å². The van der Waals surface area contributed by atoms with Crippen LogP contribution in [0.25, 0.3) is 11.2 Å². The Hall–Kier alpha value is -2.31. The number of amides is 1. The molecule has 2 bridgehead atoms. The van der Waals surface area contributed by atoms with E-state index < -0.39 is 5.60 Å². The van der Waals surface area contributed by atoms with Crippen molar-refractivity contribution < 1.29 is 9.53 Å². The van der Waals surface area contributed by atoms with Crippen LogP contribution in [0.15, 0.2) is 16.9 Å². The second-order valence-electron chi connectivity index (χ2n) is 11.5. The van der Waals surface area contributed by atoms with Crippen LogP contribution in [-0.4, -0.2) is 42.8 Å². The molecule has 2 aliphatic rings. The second kappa shape index (κ2) is 7.38. The van der Waals surface area contributed by atoms with E-state index in [0.29, 0.717) is 12.5 Å². The van der Waals surface area contributed by atoms with Crippen molar-refractivity contribution in [3.8, 4) is 0 Å². The average Bonchev–Trinajstić information content (AvgIpc) is 3.04. The third kappa shape index (κ3) is 4.23. The van der Waals surface area contributed by atoms with Gasteiger partial charge in [0.2, 0.25) is 0 Å². The van der Waals surface area contributed by atoms with Crippen molar-refractivity contribution in [1.29, 1.82) is 0 Å². The minimum absolute atomic E-state index is 0.00443. The van der Waals surface area contributed by atoms with Crippen LogP contribution in [0.5, 0.6) is 0 Å². The molecule has 31 heavy (non-hydrogen) atoms. The first kappa shape index (κ1) is 21.9. The van der Waals surface area contributed by atoms with Crippen LogP contribution in [0.2, 0.25) is 0 Å². The van der Waals surface area contributed by atoms with Crippen LogP contribution in [0.4, 0.5) is 4.79 Å². The van der Waals surface area contributed by atoms with Gasteiger partial charge in [-0.2, -0.15) is 0 Å². The molecular weight excluding hydrogens is 392 g/mol. The molecule has 0 saturated carbocycles. The molecule has 2 fully saturated rings. The van der Waals surface area contributed by atoms with Gasteiger partial charge in [0.25, 0.3) is 0 Å². The van der Waals surface area contributed by atoms with Gasteiger partial charge < -0.3 is 9.64 Å². The Kier molecular flexibility index (Phi) is 5.22. The Bertz CT molecular complexity index is 1040. The highest BCUT2D eigenvalue weighted by Crippen LogP contribution is 2.43. The quantitative estimate of drug-likeness (QED) is 0.710. The van der Waals surface area contributed by atoms with E-state index in [4.69, 9.17) is 9.72 Å². The molecule has 2 unspecified atom stereocenters. The first-order valence-electron chi connectivity index (χ1n) is 11.4. The van der Waals surface area contributed by atoms with Crippen LogP contribution in [0.3, 0.4) is 0 Å². The van der Waals surface area contributed by atoms with Crippen LogP contribution >= 0.6 is 0 Å². The van der Waals surface area contributed by atoms with E-state index in [-0.39, 0.29) is 29.3 Å². The molecule has 0 N–H and O–H groups in total. The minimum Gasteiger partial charge on any atom is -0.444 e. The fourth-order valence-corrected chi connectivity index (χ4v) is 5.17. The summed E-state index contributed by atoms with van der Waals surface area (Å²) in [6.07, 6.45) is 3.63. The van der Waals surface area contributed by atoms with Crippen molar-refractivity contribution in [3.63, 3.8) is 0 Å². The summed E-state index contributed by atoms with van der Waals surface area (Å²) in [5.74, 6) is 0.293. The normalized spacial score (nSPS) is 24.1. The molecule has 2 aromatic heterocycles. The first-order valence-corrected chi connectivity index (χ1v) is 11.4. The summed E-state index contributed by atoms with van der Waals surface area (Å²) < 4.78 is 9.15. The molecule has 2 saturated heterocycles. The van der Waals surface area contributed by atoms with Crippen LogP contribution in [-0.2, 0) is 18.3 Å². The van der Waals surface area contributed by atoms with Crippen molar-refractivity contribution in [1.82, 2.24) is 19.0 Å². The van der Waals surface area contributed by atoms with Crippen LogP contribution < -0.4 is 5.69 Å². The lowest BCUT2D eigenvalue weighted by Gasteiger charge is -2.39. The highest BCUT2D eigenvalue weighted by atomic mass is 16.6. The van der Waals surface area contributed by atoms with Crippen LogP contribution in [0, 0.1) is 5.41 Å². The zero-order chi connectivity index (χ0) is 22.7. The standard InChI is InChI=1S/C24H36N4O3/c1-23(2,3)14-27-19-11-10-18(25-20(19)26(7)21(27)29)15-12-16-8-9-17(13-15)28(16)22(30)31-24(4,5)6/h10-11,15-17H,8-9,12-14H2,1-7H3. The molecule has 7 heteroatoms. The second-order valence-corrected chi connectivity index (χ2v) is 11.5. The van der Waals surface area contributed by atoms with Crippen molar-refractivity contribution in [2.45, 2.75) is 97.4 Å². The van der Waals surface area contributed by atoms with Gasteiger partial charge in [0.05, 0.1) is 5.52 Å². The summed E-state index contributed by atoms with van der Waals surface area (Å²) in [5, 5.41) is 0. The molecule has 170 valence electrons. The van der Waals surface area contributed by atoms with Crippen LogP contribution in [0.1, 0.15) is 78.8 Å². The van der Waals surface area contributed by atoms with Gasteiger partial charge in [-0.05, 0) is 64.0 Å². The third-order valence-electron chi connectivity index (χ3n) is 6.39. The van der Waals surface area contributed by atoms with Crippen molar-refractivity contribution in [2.75, 3.05) is 0 Å². The molecule has 2 aromatic rings. The largest absolute Gasteiger partial charge is 0.444 e. The Morgan fingerprint density at radius 1 is 1.10 bits per heavy atom. The lowest BCUT2D eigenvalue weighted by atomic mass is 9.88. The number of hydrogen-bond acceptors (Lipinski definition) is 4. The van der Waals surface area contributed by atoms with E-state index in [0.717, 1.165) is 42.5 Å². The molecule has 0 aliphatic carbocycles. The number of rotatable bonds is 2. The third-order valence-corrected chi connectivity index (χ3v) is 6.39. The van der Waals surface area contributed by atoms with E-state index in [9.17, 15) is 9.59 Å². The minimum atomic E-state index is -0.481. The van der Waals surface area contributed by atoms with Gasteiger partial charge in [0.15, 0.2) is 5.65 Å². The van der Waals surface area contributed by atoms with E-state index in [1.165, 1.54) is 0 Å². The fourth-order valence-electron chi connectivity index (χ4n) is 5.17. The number of fused-ring (bicyclic) bond motifs is 3. The van der Waals surface area contributed by atoms with E-state index in [1.807, 2.05) is 36.3 Å². The Balaban J connectivity index is 1.59. The highest BCUT2D eigenvalue weighted by molar-refractivity contribution is 5.72. The molecule has 0 spiro atoms. The number of carbonyl (C=O) groups is 1. The van der Waals surface area contributed by atoms with Crippen molar-refractivity contribution >= 4 is 17.3 Å². The Labute approximate surface area is 184 Å². The fraction of sp³-hybridized carbons (Fsp3) is 0.708. The van der Waals surface area contributed by atoms with Gasteiger partial charge in [-0.15, -0.1) is 0 Å². The summed E-state index contributed by atoms with van der Waals surface area (Å²) in [7, 11) is 1.80. The number of ether oxygens (including phenoxy) is 1. The smallest absolute Gasteiger partial charge is 0.410 e. The molecule has 0 radical (unpaired) electrons. The van der Waals surface area contributed by atoms with Gasteiger partial charge in [-0.1, -0.05) is 20.8 Å². The maximum Gasteiger partial charge on any atom is 0.410 e. The zero-order valence-electron chi connectivity index (χ0n) is 19.9. The SMILES string of the molecule is Cn1c(=O)n(CC(C)(C)C)c2ccc(C3CC4CCC(C3)N4C(=O)OC(C)(C)C)nc21. The summed E-state index contributed by atoms with van der Waals surface area (Å²) in [6, 6.07) is 4.53. The molecule has 2 aliphatic heterocycles. The van der Waals surface area contributed by atoms with Gasteiger partial charge in [-0.25, -0.2) is 14.6 Å². The Morgan fingerprint density at radius 2 is 1.71 bits per heavy atom. The number of aryl methyl sites for hydroxylation is 1. The number of imidazole rings is 1. The van der Waals surface area contributed by atoms with Gasteiger partial charge in [0, 0.05) is 37.3 Å². The topological polar surface area (TPSA) is 69.4 Å². The van der Waals surface area contributed by atoms with Crippen molar-refractivity contribution in [2.24, 2.45) is 12.5 Å². The molecule has 1 amide bonds. The molecule has 7 nitrogen and oxygen atoms in total. The van der Waals surface area contributed by atoms with Crippen molar-refractivity contribution in [3.05, 3.63) is 28.3 Å². The zero-order valence-corrected chi connectivity index (χ0v) is 19.9.